The molecular formula is C29H23ClN2O. The third kappa shape index (κ3) is 3.49. The minimum Gasteiger partial charge on any atom is -0.368 e. The van der Waals surface area contributed by atoms with Crippen molar-refractivity contribution in [2.45, 2.75) is 24.3 Å². The number of anilines is 1. The lowest BCUT2D eigenvalue weighted by molar-refractivity contribution is 0.446. The van der Waals surface area contributed by atoms with Crippen LogP contribution in [0.15, 0.2) is 108 Å². The van der Waals surface area contributed by atoms with Crippen molar-refractivity contribution in [3.63, 3.8) is 0 Å². The summed E-state index contributed by atoms with van der Waals surface area (Å²) < 4.78 is 5.73. The number of fused-ring (bicyclic) bond motifs is 1. The molecule has 0 aliphatic heterocycles. The largest absolute Gasteiger partial charge is 0.368 e. The van der Waals surface area contributed by atoms with Crippen molar-refractivity contribution in [1.29, 1.82) is 0 Å². The topological polar surface area (TPSA) is 38.1 Å². The minimum atomic E-state index is -0.625. The van der Waals surface area contributed by atoms with Gasteiger partial charge in [-0.1, -0.05) is 108 Å². The molecule has 162 valence electrons. The van der Waals surface area contributed by atoms with Gasteiger partial charge in [0.05, 0.1) is 16.1 Å². The van der Waals surface area contributed by atoms with Crippen LogP contribution in [0, 0.1) is 0 Å². The van der Waals surface area contributed by atoms with E-state index in [0.717, 1.165) is 51.9 Å². The van der Waals surface area contributed by atoms with Crippen molar-refractivity contribution in [3.8, 4) is 0 Å². The molecule has 1 saturated carbocycles. The van der Waals surface area contributed by atoms with E-state index in [1.807, 2.05) is 30.3 Å². The molecule has 1 aliphatic carbocycles. The van der Waals surface area contributed by atoms with Crippen LogP contribution in [0.3, 0.4) is 0 Å². The molecule has 33 heavy (non-hydrogen) atoms. The molecule has 0 unspecified atom stereocenters. The Kier molecular flexibility index (Phi) is 4.92. The summed E-state index contributed by atoms with van der Waals surface area (Å²) in [6, 6.07) is 35.6. The summed E-state index contributed by atoms with van der Waals surface area (Å²) in [5.74, 6) is 0.472. The molecule has 0 radical (unpaired) electrons. The van der Waals surface area contributed by atoms with Crippen LogP contribution in [0.1, 0.15) is 41.1 Å². The Labute approximate surface area is 198 Å². The third-order valence-electron chi connectivity index (χ3n) is 6.47. The average Bonchev–Trinajstić information content (AvgIpc) is 3.63. The summed E-state index contributed by atoms with van der Waals surface area (Å²) in [5.41, 5.74) is 5.36. The molecule has 0 saturated heterocycles. The van der Waals surface area contributed by atoms with Crippen molar-refractivity contribution in [3.05, 3.63) is 131 Å². The molecule has 1 aliphatic rings. The maximum atomic E-state index is 6.81. The van der Waals surface area contributed by atoms with Crippen molar-refractivity contribution >= 4 is 28.3 Å². The van der Waals surface area contributed by atoms with E-state index in [9.17, 15) is 0 Å². The van der Waals surface area contributed by atoms with Gasteiger partial charge in [-0.3, -0.25) is 0 Å². The molecule has 3 nitrogen and oxygen atoms in total. The number of rotatable bonds is 6. The normalized spacial score (nSPS) is 13.8. The summed E-state index contributed by atoms with van der Waals surface area (Å²) in [5, 5.41) is 9.81. The monoisotopic (exact) mass is 450 g/mol. The van der Waals surface area contributed by atoms with Crippen LogP contribution in [0.5, 0.6) is 0 Å². The van der Waals surface area contributed by atoms with Crippen LogP contribution in [0.2, 0.25) is 5.02 Å². The van der Waals surface area contributed by atoms with Gasteiger partial charge < -0.3 is 9.84 Å². The fourth-order valence-corrected chi connectivity index (χ4v) is 5.06. The molecule has 1 heterocycles. The molecule has 0 amide bonds. The van der Waals surface area contributed by atoms with E-state index in [-0.39, 0.29) is 0 Å². The van der Waals surface area contributed by atoms with Gasteiger partial charge in [0.2, 0.25) is 0 Å². The van der Waals surface area contributed by atoms with Crippen LogP contribution >= 0.6 is 11.6 Å². The van der Waals surface area contributed by atoms with Gasteiger partial charge in [0.1, 0.15) is 5.54 Å². The quantitative estimate of drug-likeness (QED) is 0.268. The lowest BCUT2D eigenvalue weighted by atomic mass is 9.77. The van der Waals surface area contributed by atoms with Gasteiger partial charge in [0.15, 0.2) is 5.58 Å². The SMILES string of the molecule is Clc1cc(NC(c2ccccc2)(c2ccccc2)c2ccccc2)cc2onc(C3CC3)c12. The highest BCUT2D eigenvalue weighted by molar-refractivity contribution is 6.36. The zero-order chi connectivity index (χ0) is 22.3. The van der Waals surface area contributed by atoms with Gasteiger partial charge in [0, 0.05) is 17.7 Å². The van der Waals surface area contributed by atoms with E-state index in [0.29, 0.717) is 10.9 Å². The van der Waals surface area contributed by atoms with E-state index in [1.54, 1.807) is 0 Å². The standard InChI is InChI=1S/C29H23ClN2O/c30-25-18-24(19-26-27(25)28(32-33-26)20-16-17-20)31-29(21-10-4-1-5-11-21,22-12-6-2-7-13-22)23-14-8-3-9-15-23/h1-15,18-20,31H,16-17H2. The van der Waals surface area contributed by atoms with Crippen molar-refractivity contribution < 1.29 is 4.52 Å². The van der Waals surface area contributed by atoms with Crippen LogP contribution in [0.25, 0.3) is 11.0 Å². The molecule has 0 bridgehead atoms. The Bertz CT molecular complexity index is 1300. The fourth-order valence-electron chi connectivity index (χ4n) is 4.75. The van der Waals surface area contributed by atoms with Crippen molar-refractivity contribution in [2.75, 3.05) is 5.32 Å². The van der Waals surface area contributed by atoms with Gasteiger partial charge in [0.25, 0.3) is 0 Å². The van der Waals surface area contributed by atoms with Crippen LogP contribution in [-0.2, 0) is 5.54 Å². The Balaban J connectivity index is 1.57. The highest BCUT2D eigenvalue weighted by atomic mass is 35.5. The lowest BCUT2D eigenvalue weighted by Crippen LogP contribution is -2.38. The van der Waals surface area contributed by atoms with Gasteiger partial charge in [-0.05, 0) is 35.6 Å². The Morgan fingerprint density at radius 1 is 0.758 bits per heavy atom. The molecule has 6 rings (SSSR count). The summed E-state index contributed by atoms with van der Waals surface area (Å²) in [6.45, 7) is 0. The number of benzene rings is 4. The van der Waals surface area contributed by atoms with E-state index < -0.39 is 5.54 Å². The zero-order valence-corrected chi connectivity index (χ0v) is 18.8. The molecule has 1 aromatic heterocycles. The van der Waals surface area contributed by atoms with Crippen LogP contribution in [0.4, 0.5) is 5.69 Å². The highest BCUT2D eigenvalue weighted by Gasteiger charge is 2.37. The lowest BCUT2D eigenvalue weighted by Gasteiger charge is -2.38. The van der Waals surface area contributed by atoms with Crippen LogP contribution in [-0.4, -0.2) is 5.16 Å². The average molecular weight is 451 g/mol. The predicted molar refractivity (Wildman–Crippen MR) is 134 cm³/mol. The van der Waals surface area contributed by atoms with Gasteiger partial charge in [-0.25, -0.2) is 0 Å². The number of nitrogens with zero attached hydrogens (tertiary/aromatic N) is 1. The van der Waals surface area contributed by atoms with E-state index >= 15 is 0 Å². The summed E-state index contributed by atoms with van der Waals surface area (Å²) in [6.07, 6.45) is 2.30. The molecular weight excluding hydrogens is 428 g/mol. The maximum absolute atomic E-state index is 6.81. The number of hydrogen-bond acceptors (Lipinski definition) is 3. The number of nitrogens with one attached hydrogen (secondary N) is 1. The second-order valence-electron chi connectivity index (χ2n) is 8.65. The number of hydrogen-bond donors (Lipinski definition) is 1. The first kappa shape index (κ1) is 20.1. The molecule has 1 N–H and O–H groups in total. The number of halogens is 1. The third-order valence-corrected chi connectivity index (χ3v) is 6.77. The fraction of sp³-hybridized carbons (Fsp3) is 0.138. The molecule has 4 heteroatoms. The molecule has 4 aromatic carbocycles. The zero-order valence-electron chi connectivity index (χ0n) is 18.0. The van der Waals surface area contributed by atoms with E-state index in [2.05, 4.69) is 83.3 Å². The first-order chi connectivity index (χ1) is 16.3. The second-order valence-corrected chi connectivity index (χ2v) is 9.05. The highest BCUT2D eigenvalue weighted by Crippen LogP contribution is 2.46. The summed E-state index contributed by atoms with van der Waals surface area (Å²) >= 11 is 6.81. The minimum absolute atomic E-state index is 0.472. The second kappa shape index (κ2) is 8.09. The first-order valence-electron chi connectivity index (χ1n) is 11.3. The Morgan fingerprint density at radius 3 is 1.76 bits per heavy atom. The Morgan fingerprint density at radius 2 is 1.27 bits per heavy atom. The van der Waals surface area contributed by atoms with Crippen LogP contribution < -0.4 is 5.32 Å². The molecule has 0 spiro atoms. The van der Waals surface area contributed by atoms with Crippen molar-refractivity contribution in [2.24, 2.45) is 0 Å². The summed E-state index contributed by atoms with van der Waals surface area (Å²) in [7, 11) is 0. The van der Waals surface area contributed by atoms with Gasteiger partial charge in [-0.2, -0.15) is 0 Å². The number of aromatic nitrogens is 1. The first-order valence-corrected chi connectivity index (χ1v) is 11.7. The van der Waals surface area contributed by atoms with Gasteiger partial charge >= 0.3 is 0 Å². The molecule has 0 atom stereocenters. The smallest absolute Gasteiger partial charge is 0.170 e. The maximum Gasteiger partial charge on any atom is 0.170 e. The predicted octanol–water partition coefficient (Wildman–Crippen LogP) is 7.76. The molecule has 5 aromatic rings. The Hall–Kier alpha value is -3.56. The van der Waals surface area contributed by atoms with Gasteiger partial charge in [-0.15, -0.1) is 0 Å². The van der Waals surface area contributed by atoms with Crippen molar-refractivity contribution in [1.82, 2.24) is 5.16 Å². The van der Waals surface area contributed by atoms with E-state index in [4.69, 9.17) is 16.1 Å². The summed E-state index contributed by atoms with van der Waals surface area (Å²) in [4.78, 5) is 0. The van der Waals surface area contributed by atoms with E-state index in [1.165, 1.54) is 0 Å². The molecule has 1 fully saturated rings.